The van der Waals surface area contributed by atoms with E-state index in [1.165, 1.54) is 29.9 Å². The maximum atomic E-state index is 12.7. The number of hydrogen-bond donors (Lipinski definition) is 0. The highest BCUT2D eigenvalue weighted by atomic mass is 32.1. The summed E-state index contributed by atoms with van der Waals surface area (Å²) in [5.41, 5.74) is -0.769. The molecule has 3 rings (SSSR count). The van der Waals surface area contributed by atoms with Crippen LogP contribution in [0.3, 0.4) is 0 Å². The molecule has 12 heteroatoms. The first-order chi connectivity index (χ1) is 14.1. The second-order valence-corrected chi connectivity index (χ2v) is 6.96. The van der Waals surface area contributed by atoms with Crippen LogP contribution in [0.15, 0.2) is 47.5 Å². The Labute approximate surface area is 170 Å². The van der Waals surface area contributed by atoms with Crippen molar-refractivity contribution in [3.63, 3.8) is 0 Å². The predicted molar refractivity (Wildman–Crippen MR) is 99.8 cm³/mol. The molecule has 8 nitrogen and oxygen atoms in total. The number of amides is 1. The smallest absolute Gasteiger partial charge is 0.416 e. The Balaban J connectivity index is 2.09. The van der Waals surface area contributed by atoms with Gasteiger partial charge in [0, 0.05) is 17.7 Å². The number of nitrogens with zero attached hydrogens (tertiary/aromatic N) is 3. The number of rotatable bonds is 4. The molecule has 1 aromatic heterocycles. The zero-order valence-electron chi connectivity index (χ0n) is 15.2. The van der Waals surface area contributed by atoms with Crippen molar-refractivity contribution in [2.75, 3.05) is 7.11 Å². The average molecular weight is 439 g/mol. The van der Waals surface area contributed by atoms with Crippen molar-refractivity contribution in [1.29, 1.82) is 0 Å². The van der Waals surface area contributed by atoms with Crippen LogP contribution in [0.4, 0.5) is 18.9 Å². The Hall–Kier alpha value is -3.54. The van der Waals surface area contributed by atoms with Crippen LogP contribution in [-0.2, 0) is 22.3 Å². The third-order valence-corrected chi connectivity index (χ3v) is 5.09. The number of aromatic nitrogens is 1. The molecule has 0 aliphatic rings. The monoisotopic (exact) mass is 439 g/mol. The zero-order valence-corrected chi connectivity index (χ0v) is 16.0. The molecule has 0 unspecified atom stereocenters. The van der Waals surface area contributed by atoms with Gasteiger partial charge in [0.05, 0.1) is 27.8 Å². The van der Waals surface area contributed by atoms with Crippen molar-refractivity contribution in [3.05, 3.63) is 68.5 Å². The molecule has 0 radical (unpaired) electrons. The van der Waals surface area contributed by atoms with E-state index >= 15 is 0 Å². The molecule has 0 fully saturated rings. The standard InChI is InChI=1S/C18H12F3N3O5S/c1-29-15(25)9-23-13-7-6-12(24(27)28)8-14(13)30-17(23)22-16(26)10-2-4-11(5-3-10)18(19,20)21/h2-8H,9H2,1H3. The average Bonchev–Trinajstić information content (AvgIpc) is 3.03. The number of thiazole rings is 1. The molecule has 0 saturated heterocycles. The summed E-state index contributed by atoms with van der Waals surface area (Å²) in [6.07, 6.45) is -4.54. The fraction of sp³-hybridized carbons (Fsp3) is 0.167. The van der Waals surface area contributed by atoms with E-state index in [1.807, 2.05) is 0 Å². The van der Waals surface area contributed by atoms with Crippen molar-refractivity contribution < 1.29 is 32.4 Å². The number of fused-ring (bicyclic) bond motifs is 1. The highest BCUT2D eigenvalue weighted by Crippen LogP contribution is 2.29. The van der Waals surface area contributed by atoms with E-state index in [1.54, 1.807) is 0 Å². The summed E-state index contributed by atoms with van der Waals surface area (Å²) in [6.45, 7) is -0.312. The van der Waals surface area contributed by atoms with E-state index in [0.29, 0.717) is 10.2 Å². The molecule has 2 aromatic carbocycles. The van der Waals surface area contributed by atoms with Crippen molar-refractivity contribution in [3.8, 4) is 0 Å². The van der Waals surface area contributed by atoms with Crippen LogP contribution in [-0.4, -0.2) is 28.5 Å². The van der Waals surface area contributed by atoms with Crippen LogP contribution in [0.1, 0.15) is 15.9 Å². The fourth-order valence-corrected chi connectivity index (χ4v) is 3.62. The largest absolute Gasteiger partial charge is 0.468 e. The quantitative estimate of drug-likeness (QED) is 0.351. The van der Waals surface area contributed by atoms with Gasteiger partial charge in [-0.15, -0.1) is 0 Å². The summed E-state index contributed by atoms with van der Waals surface area (Å²) in [4.78, 5) is 38.6. The number of methoxy groups -OCH3 is 1. The summed E-state index contributed by atoms with van der Waals surface area (Å²) in [6, 6.07) is 7.45. The first-order valence-corrected chi connectivity index (χ1v) is 9.02. The molecular formula is C18H12F3N3O5S. The van der Waals surface area contributed by atoms with Crippen molar-refractivity contribution in [2.45, 2.75) is 12.7 Å². The van der Waals surface area contributed by atoms with E-state index in [4.69, 9.17) is 0 Å². The lowest BCUT2D eigenvalue weighted by molar-refractivity contribution is -0.384. The topological polar surface area (TPSA) is 104 Å². The van der Waals surface area contributed by atoms with E-state index in [9.17, 15) is 32.9 Å². The molecule has 0 aliphatic carbocycles. The zero-order chi connectivity index (χ0) is 22.1. The second-order valence-electron chi connectivity index (χ2n) is 5.95. The van der Waals surface area contributed by atoms with Gasteiger partial charge >= 0.3 is 12.1 Å². The number of carbonyl (C=O) groups is 2. The fourth-order valence-electron chi connectivity index (χ4n) is 2.56. The molecule has 0 N–H and O–H groups in total. The van der Waals surface area contributed by atoms with Gasteiger partial charge in [0.2, 0.25) is 0 Å². The minimum atomic E-state index is -4.54. The van der Waals surface area contributed by atoms with Crippen molar-refractivity contribution >= 4 is 39.1 Å². The molecule has 30 heavy (non-hydrogen) atoms. The van der Waals surface area contributed by atoms with Gasteiger partial charge < -0.3 is 9.30 Å². The third kappa shape index (κ3) is 4.38. The molecule has 0 bridgehead atoms. The van der Waals surface area contributed by atoms with Gasteiger partial charge in [-0.2, -0.15) is 18.2 Å². The van der Waals surface area contributed by atoms with Crippen molar-refractivity contribution in [1.82, 2.24) is 4.57 Å². The minimum absolute atomic E-state index is 0.0424. The summed E-state index contributed by atoms with van der Waals surface area (Å²) in [7, 11) is 1.17. The van der Waals surface area contributed by atoms with Crippen LogP contribution in [0.2, 0.25) is 0 Å². The lowest BCUT2D eigenvalue weighted by Gasteiger charge is -2.06. The Kier molecular flexibility index (Phi) is 5.69. The number of non-ortho nitro benzene ring substituents is 1. The molecule has 0 spiro atoms. The minimum Gasteiger partial charge on any atom is -0.468 e. The summed E-state index contributed by atoms with van der Waals surface area (Å²) < 4.78 is 44.4. The SMILES string of the molecule is COC(=O)Cn1c(=NC(=O)c2ccc(C(F)(F)F)cc2)sc2cc([N+](=O)[O-])ccc21. The van der Waals surface area contributed by atoms with E-state index in [0.717, 1.165) is 35.6 Å². The molecular weight excluding hydrogens is 427 g/mol. The third-order valence-electron chi connectivity index (χ3n) is 4.05. The molecule has 0 saturated carbocycles. The number of nitro benzene ring substituents is 1. The summed E-state index contributed by atoms with van der Waals surface area (Å²) in [5, 5.41) is 11.0. The van der Waals surface area contributed by atoms with E-state index in [2.05, 4.69) is 9.73 Å². The molecule has 0 atom stereocenters. The predicted octanol–water partition coefficient (Wildman–Crippen LogP) is 3.54. The number of esters is 1. The molecule has 1 heterocycles. The molecule has 3 aromatic rings. The summed E-state index contributed by atoms with van der Waals surface area (Å²) in [5.74, 6) is -1.47. The van der Waals surface area contributed by atoms with Crippen LogP contribution < -0.4 is 4.80 Å². The van der Waals surface area contributed by atoms with Crippen LogP contribution in [0.5, 0.6) is 0 Å². The Morgan fingerprint density at radius 3 is 2.43 bits per heavy atom. The molecule has 156 valence electrons. The molecule has 0 aliphatic heterocycles. The maximum Gasteiger partial charge on any atom is 0.416 e. The number of nitro groups is 1. The Morgan fingerprint density at radius 2 is 1.87 bits per heavy atom. The number of hydrogen-bond acceptors (Lipinski definition) is 6. The highest BCUT2D eigenvalue weighted by molar-refractivity contribution is 7.16. The number of benzene rings is 2. The number of ether oxygens (including phenoxy) is 1. The number of carbonyl (C=O) groups excluding carboxylic acids is 2. The van der Waals surface area contributed by atoms with Crippen LogP contribution >= 0.6 is 11.3 Å². The van der Waals surface area contributed by atoms with E-state index in [-0.39, 0.29) is 22.6 Å². The maximum absolute atomic E-state index is 12.7. The van der Waals surface area contributed by atoms with Gasteiger partial charge in [-0.1, -0.05) is 11.3 Å². The highest BCUT2D eigenvalue weighted by Gasteiger charge is 2.30. The molecule has 1 amide bonds. The van der Waals surface area contributed by atoms with Crippen LogP contribution in [0, 0.1) is 10.1 Å². The second kappa shape index (κ2) is 8.06. The number of alkyl halides is 3. The lowest BCUT2D eigenvalue weighted by atomic mass is 10.1. The lowest BCUT2D eigenvalue weighted by Crippen LogP contribution is -2.22. The van der Waals surface area contributed by atoms with Gasteiger partial charge in [-0.05, 0) is 30.3 Å². The Bertz CT molecular complexity index is 1210. The first kappa shape index (κ1) is 21.2. The number of halogens is 3. The van der Waals surface area contributed by atoms with Gasteiger partial charge in [-0.3, -0.25) is 19.7 Å². The van der Waals surface area contributed by atoms with Crippen LogP contribution in [0.25, 0.3) is 10.2 Å². The van der Waals surface area contributed by atoms with Gasteiger partial charge in [0.15, 0.2) is 4.80 Å². The van der Waals surface area contributed by atoms with Gasteiger partial charge in [0.1, 0.15) is 6.54 Å². The van der Waals surface area contributed by atoms with Gasteiger partial charge in [0.25, 0.3) is 11.6 Å². The summed E-state index contributed by atoms with van der Waals surface area (Å²) >= 11 is 0.922. The Morgan fingerprint density at radius 1 is 1.20 bits per heavy atom. The first-order valence-electron chi connectivity index (χ1n) is 8.21. The van der Waals surface area contributed by atoms with Crippen molar-refractivity contribution in [2.24, 2.45) is 4.99 Å². The normalized spacial score (nSPS) is 12.2. The van der Waals surface area contributed by atoms with E-state index < -0.39 is 28.5 Å². The van der Waals surface area contributed by atoms with Gasteiger partial charge in [-0.25, -0.2) is 0 Å².